The lowest BCUT2D eigenvalue weighted by atomic mass is 9.98. The van der Waals surface area contributed by atoms with Gasteiger partial charge in [0.2, 0.25) is 0 Å². The van der Waals surface area contributed by atoms with Crippen LogP contribution >= 0.6 is 0 Å². The number of benzene rings is 1. The number of carboxylic acids is 1. The first-order valence-corrected chi connectivity index (χ1v) is 6.70. The molecule has 0 aliphatic carbocycles. The second kappa shape index (κ2) is 5.47. The molecule has 1 atom stereocenters. The molecule has 0 spiro atoms. The van der Waals surface area contributed by atoms with Crippen molar-refractivity contribution in [3.8, 4) is 0 Å². The minimum absolute atomic E-state index is 0.0800. The number of aromatic nitrogens is 2. The summed E-state index contributed by atoms with van der Waals surface area (Å²) in [5.41, 5.74) is 0.638. The fourth-order valence-corrected chi connectivity index (χ4v) is 2.62. The first kappa shape index (κ1) is 13.5. The van der Waals surface area contributed by atoms with Crippen molar-refractivity contribution >= 4 is 11.8 Å². The fraction of sp³-hybridized carbons (Fsp3) is 0.267. The molecule has 0 amide bonds. The maximum Gasteiger partial charge on any atom is 0.356 e. The van der Waals surface area contributed by atoms with Crippen LogP contribution in [0.5, 0.6) is 0 Å². The van der Waals surface area contributed by atoms with Crippen LogP contribution < -0.4 is 4.90 Å². The molecule has 1 saturated heterocycles. The summed E-state index contributed by atoms with van der Waals surface area (Å²) in [6.45, 7) is 1.40. The van der Waals surface area contributed by atoms with Gasteiger partial charge in [-0.3, -0.25) is 0 Å². The summed E-state index contributed by atoms with van der Waals surface area (Å²) in [6, 6.07) is 6.80. The van der Waals surface area contributed by atoms with Gasteiger partial charge in [-0.2, -0.15) is 0 Å². The van der Waals surface area contributed by atoms with Gasteiger partial charge in [-0.25, -0.2) is 19.2 Å². The molecule has 1 aromatic carbocycles. The van der Waals surface area contributed by atoms with Crippen molar-refractivity contribution in [1.29, 1.82) is 0 Å². The molecular weight excluding hydrogens is 273 g/mol. The van der Waals surface area contributed by atoms with Gasteiger partial charge in [0.15, 0.2) is 5.69 Å². The van der Waals surface area contributed by atoms with Gasteiger partial charge >= 0.3 is 5.97 Å². The Morgan fingerprint density at radius 1 is 1.29 bits per heavy atom. The quantitative estimate of drug-likeness (QED) is 0.938. The van der Waals surface area contributed by atoms with Gasteiger partial charge in [0.25, 0.3) is 0 Å². The first-order chi connectivity index (χ1) is 10.1. The molecule has 3 rings (SSSR count). The molecular formula is C15H14FN3O2. The summed E-state index contributed by atoms with van der Waals surface area (Å²) in [5.74, 6) is -0.539. The van der Waals surface area contributed by atoms with Crippen LogP contribution in [0.15, 0.2) is 36.7 Å². The second-order valence-corrected chi connectivity index (χ2v) is 5.02. The van der Waals surface area contributed by atoms with Gasteiger partial charge in [0, 0.05) is 19.0 Å². The van der Waals surface area contributed by atoms with Crippen LogP contribution in [0.25, 0.3) is 0 Å². The highest BCUT2D eigenvalue weighted by molar-refractivity contribution is 5.84. The van der Waals surface area contributed by atoms with Gasteiger partial charge in [0.1, 0.15) is 11.6 Å². The van der Waals surface area contributed by atoms with Crippen molar-refractivity contribution in [2.75, 3.05) is 18.0 Å². The van der Waals surface area contributed by atoms with E-state index in [1.165, 1.54) is 18.5 Å². The zero-order chi connectivity index (χ0) is 14.8. The van der Waals surface area contributed by atoms with Gasteiger partial charge < -0.3 is 10.0 Å². The van der Waals surface area contributed by atoms with E-state index in [1.54, 1.807) is 6.07 Å². The number of anilines is 1. The van der Waals surface area contributed by atoms with E-state index >= 15 is 0 Å². The molecule has 2 heterocycles. The molecule has 0 radical (unpaired) electrons. The Bertz CT molecular complexity index is 660. The van der Waals surface area contributed by atoms with Gasteiger partial charge in [-0.05, 0) is 18.1 Å². The van der Waals surface area contributed by atoms with Crippen LogP contribution in [0, 0.1) is 5.82 Å². The summed E-state index contributed by atoms with van der Waals surface area (Å²) in [5, 5.41) is 8.80. The molecule has 0 bridgehead atoms. The van der Waals surface area contributed by atoms with E-state index in [2.05, 4.69) is 9.97 Å². The number of carboxylic acid groups (broad SMARTS) is 1. The summed E-state index contributed by atoms with van der Waals surface area (Å²) < 4.78 is 13.8. The summed E-state index contributed by atoms with van der Waals surface area (Å²) in [6.07, 6.45) is 3.53. The van der Waals surface area contributed by atoms with Crippen LogP contribution in [-0.4, -0.2) is 34.1 Å². The zero-order valence-electron chi connectivity index (χ0n) is 11.2. The molecule has 108 valence electrons. The molecule has 1 aliphatic rings. The molecule has 1 unspecified atom stereocenters. The third kappa shape index (κ3) is 2.69. The van der Waals surface area contributed by atoms with E-state index in [9.17, 15) is 9.18 Å². The maximum atomic E-state index is 13.8. The van der Waals surface area contributed by atoms with Crippen molar-refractivity contribution < 1.29 is 14.3 Å². The van der Waals surface area contributed by atoms with E-state index in [1.807, 2.05) is 17.0 Å². The number of hydrogen-bond donors (Lipinski definition) is 1. The zero-order valence-corrected chi connectivity index (χ0v) is 11.2. The molecule has 1 aliphatic heterocycles. The summed E-state index contributed by atoms with van der Waals surface area (Å²) in [7, 11) is 0. The molecule has 21 heavy (non-hydrogen) atoms. The van der Waals surface area contributed by atoms with E-state index in [0.29, 0.717) is 12.4 Å². The van der Waals surface area contributed by atoms with Crippen molar-refractivity contribution in [1.82, 2.24) is 9.97 Å². The van der Waals surface area contributed by atoms with Crippen molar-refractivity contribution in [2.45, 2.75) is 12.3 Å². The molecule has 1 fully saturated rings. The number of nitrogens with zero attached hydrogens (tertiary/aromatic N) is 3. The van der Waals surface area contributed by atoms with Crippen LogP contribution in [-0.2, 0) is 0 Å². The molecule has 1 N–H and O–H groups in total. The topological polar surface area (TPSA) is 66.3 Å². The Hall–Kier alpha value is -2.50. The summed E-state index contributed by atoms with van der Waals surface area (Å²) >= 11 is 0. The van der Waals surface area contributed by atoms with Crippen molar-refractivity contribution in [3.05, 3.63) is 53.7 Å². The SMILES string of the molecule is O=C(O)c1cnc(N2CCC(c3ccccc3F)C2)cn1. The normalized spacial score (nSPS) is 18.0. The minimum Gasteiger partial charge on any atom is -0.476 e. The highest BCUT2D eigenvalue weighted by Gasteiger charge is 2.26. The Kier molecular flexibility index (Phi) is 3.51. The van der Waals surface area contributed by atoms with Gasteiger partial charge in [-0.1, -0.05) is 18.2 Å². The van der Waals surface area contributed by atoms with Crippen LogP contribution in [0.3, 0.4) is 0 Å². The average Bonchev–Trinajstić information content (AvgIpc) is 2.97. The third-order valence-corrected chi connectivity index (χ3v) is 3.71. The molecule has 0 saturated carbocycles. The molecule has 5 nitrogen and oxygen atoms in total. The second-order valence-electron chi connectivity index (χ2n) is 5.02. The minimum atomic E-state index is -1.10. The maximum absolute atomic E-state index is 13.8. The Morgan fingerprint density at radius 2 is 2.10 bits per heavy atom. The highest BCUT2D eigenvalue weighted by atomic mass is 19.1. The third-order valence-electron chi connectivity index (χ3n) is 3.71. The molecule has 1 aromatic heterocycles. The molecule has 2 aromatic rings. The van der Waals surface area contributed by atoms with E-state index in [4.69, 9.17) is 5.11 Å². The van der Waals surface area contributed by atoms with E-state index in [0.717, 1.165) is 18.5 Å². The van der Waals surface area contributed by atoms with Crippen LogP contribution in [0.4, 0.5) is 10.2 Å². The van der Waals surface area contributed by atoms with Crippen LogP contribution in [0.1, 0.15) is 28.4 Å². The Labute approximate surface area is 121 Å². The smallest absolute Gasteiger partial charge is 0.356 e. The number of rotatable bonds is 3. The van der Waals surface area contributed by atoms with E-state index < -0.39 is 5.97 Å². The lowest BCUT2D eigenvalue weighted by Gasteiger charge is -2.17. The first-order valence-electron chi connectivity index (χ1n) is 6.70. The van der Waals surface area contributed by atoms with Crippen molar-refractivity contribution in [3.63, 3.8) is 0 Å². The van der Waals surface area contributed by atoms with Crippen LogP contribution in [0.2, 0.25) is 0 Å². The lowest BCUT2D eigenvalue weighted by molar-refractivity contribution is 0.0690. The Balaban J connectivity index is 1.75. The number of halogens is 1. The van der Waals surface area contributed by atoms with Gasteiger partial charge in [0.05, 0.1) is 12.4 Å². The summed E-state index contributed by atoms with van der Waals surface area (Å²) in [4.78, 5) is 20.7. The van der Waals surface area contributed by atoms with E-state index in [-0.39, 0.29) is 17.4 Å². The highest BCUT2D eigenvalue weighted by Crippen LogP contribution is 2.30. The van der Waals surface area contributed by atoms with Gasteiger partial charge in [-0.15, -0.1) is 0 Å². The average molecular weight is 287 g/mol. The number of aromatic carboxylic acids is 1. The largest absolute Gasteiger partial charge is 0.476 e. The lowest BCUT2D eigenvalue weighted by Crippen LogP contribution is -2.21. The predicted octanol–water partition coefficient (Wildman–Crippen LogP) is 2.31. The molecule has 6 heteroatoms. The standard InChI is InChI=1S/C15H14FN3O2/c16-12-4-2-1-3-11(12)10-5-6-19(9-10)14-8-17-13(7-18-14)15(20)21/h1-4,7-8,10H,5-6,9H2,(H,20,21). The van der Waals surface area contributed by atoms with Crippen molar-refractivity contribution in [2.24, 2.45) is 0 Å². The number of carbonyl (C=O) groups is 1. The number of hydrogen-bond acceptors (Lipinski definition) is 4. The Morgan fingerprint density at radius 3 is 2.76 bits per heavy atom. The monoisotopic (exact) mass is 287 g/mol. The fourth-order valence-electron chi connectivity index (χ4n) is 2.62. The predicted molar refractivity (Wildman–Crippen MR) is 75.0 cm³/mol.